The molecule has 0 aliphatic carbocycles. The molecule has 0 amide bonds. The molecule has 1 aliphatic rings. The molecule has 0 aromatic carbocycles. The second kappa shape index (κ2) is 11.0. The summed E-state index contributed by atoms with van der Waals surface area (Å²) in [7, 11) is 0. The number of morpholine rings is 1. The number of hydrogen-bond acceptors (Lipinski definition) is 4. The van der Waals surface area contributed by atoms with Crippen molar-refractivity contribution in [2.24, 2.45) is 0 Å². The van der Waals surface area contributed by atoms with Crippen LogP contribution in [0.4, 0.5) is 0 Å². The van der Waals surface area contributed by atoms with Gasteiger partial charge in [-0.05, 0) is 6.26 Å². The van der Waals surface area contributed by atoms with Crippen LogP contribution in [0.5, 0.6) is 0 Å². The van der Waals surface area contributed by atoms with Gasteiger partial charge in [-0.1, -0.05) is 11.1 Å². The van der Waals surface area contributed by atoms with Crippen molar-refractivity contribution in [3.8, 4) is 0 Å². The molecule has 4 nitrogen and oxygen atoms in total. The zero-order valence-corrected chi connectivity index (χ0v) is 9.78. The van der Waals surface area contributed by atoms with Crippen LogP contribution in [-0.4, -0.2) is 41.3 Å². The van der Waals surface area contributed by atoms with E-state index in [-0.39, 0.29) is 29.6 Å². The minimum atomic E-state index is -1.86. The normalized spacial score (nSPS) is 18.7. The first kappa shape index (κ1) is 14.5. The van der Waals surface area contributed by atoms with E-state index < -0.39 is 11.1 Å². The molecule has 0 spiro atoms. The third-order valence-electron chi connectivity index (χ3n) is 0.846. The topological polar surface area (TPSA) is 61.4 Å². The van der Waals surface area contributed by atoms with Crippen molar-refractivity contribution in [3.05, 3.63) is 0 Å². The molecule has 1 heterocycles. The Kier molecular flexibility index (Phi) is 14.6. The van der Waals surface area contributed by atoms with Gasteiger partial charge in [0.15, 0.2) is 0 Å². The Hall–Kier alpha value is 1.03. The van der Waals surface area contributed by atoms with Gasteiger partial charge in [0, 0.05) is 13.1 Å². The zero-order chi connectivity index (χ0) is 7.82. The van der Waals surface area contributed by atoms with Gasteiger partial charge in [0.25, 0.3) is 0 Å². The van der Waals surface area contributed by atoms with E-state index >= 15 is 0 Å². The Labute approximate surface area is 91.7 Å². The summed E-state index contributed by atoms with van der Waals surface area (Å²) in [5, 5.41) is 3.16. The second-order valence-corrected chi connectivity index (χ2v) is 2.57. The van der Waals surface area contributed by atoms with Gasteiger partial charge < -0.3 is 14.6 Å². The van der Waals surface area contributed by atoms with Gasteiger partial charge >= 0.3 is 29.6 Å². The van der Waals surface area contributed by atoms with Crippen LogP contribution in [0.2, 0.25) is 0 Å². The van der Waals surface area contributed by atoms with Crippen LogP contribution >= 0.6 is 0 Å². The molecule has 1 aliphatic heterocycles. The standard InChI is InChI=1S/C4H9NO.CH4O2S.Na/c1-3-6-4-2-5-1;1-4(2)3;/h5H,1-4H2;1H3,(H,2,3);/q;;+1/p-1. The van der Waals surface area contributed by atoms with E-state index in [4.69, 9.17) is 13.5 Å². The molecular formula is C5H12NNaO3S. The minimum absolute atomic E-state index is 0. The summed E-state index contributed by atoms with van der Waals surface area (Å²) >= 11 is -1.86. The summed E-state index contributed by atoms with van der Waals surface area (Å²) in [6, 6.07) is 0. The van der Waals surface area contributed by atoms with E-state index in [0.717, 1.165) is 32.6 Å². The van der Waals surface area contributed by atoms with Crippen LogP contribution in [-0.2, 0) is 15.8 Å². The summed E-state index contributed by atoms with van der Waals surface area (Å²) < 4.78 is 23.0. The summed E-state index contributed by atoms with van der Waals surface area (Å²) in [5.41, 5.74) is 0. The van der Waals surface area contributed by atoms with E-state index in [2.05, 4.69) is 5.32 Å². The fourth-order valence-electron chi connectivity index (χ4n) is 0.516. The Morgan fingerprint density at radius 1 is 1.45 bits per heavy atom. The molecule has 0 radical (unpaired) electrons. The number of ether oxygens (including phenoxy) is 1. The van der Waals surface area contributed by atoms with Gasteiger partial charge in [0.2, 0.25) is 0 Å². The molecule has 6 heteroatoms. The minimum Gasteiger partial charge on any atom is -0.773 e. The van der Waals surface area contributed by atoms with Crippen molar-refractivity contribution in [2.75, 3.05) is 32.6 Å². The molecule has 1 fully saturated rings. The SMILES string of the molecule is C1COCCN1.CS(=O)[O-].[Na+]. The monoisotopic (exact) mass is 189 g/mol. The Bertz CT molecular complexity index is 84.2. The van der Waals surface area contributed by atoms with Gasteiger partial charge in [-0.3, -0.25) is 4.21 Å². The van der Waals surface area contributed by atoms with Crippen molar-refractivity contribution in [1.29, 1.82) is 0 Å². The van der Waals surface area contributed by atoms with Crippen LogP contribution < -0.4 is 34.9 Å². The van der Waals surface area contributed by atoms with Crippen molar-refractivity contribution in [1.82, 2.24) is 5.32 Å². The smallest absolute Gasteiger partial charge is 0.773 e. The maximum Gasteiger partial charge on any atom is 1.00 e. The van der Waals surface area contributed by atoms with E-state index in [1.54, 1.807) is 0 Å². The van der Waals surface area contributed by atoms with E-state index in [1.807, 2.05) is 0 Å². The number of nitrogens with one attached hydrogen (secondary N) is 1. The first-order valence-corrected chi connectivity index (χ1v) is 4.51. The molecule has 1 rings (SSSR count). The van der Waals surface area contributed by atoms with Crippen molar-refractivity contribution >= 4 is 11.1 Å². The van der Waals surface area contributed by atoms with E-state index in [9.17, 15) is 0 Å². The molecule has 1 N–H and O–H groups in total. The summed E-state index contributed by atoms with van der Waals surface area (Å²) in [5.74, 6) is 0. The fraction of sp³-hybridized carbons (Fsp3) is 1.00. The molecule has 1 unspecified atom stereocenters. The van der Waals surface area contributed by atoms with Gasteiger partial charge in [-0.25, -0.2) is 0 Å². The van der Waals surface area contributed by atoms with Gasteiger partial charge in [-0.15, -0.1) is 0 Å². The summed E-state index contributed by atoms with van der Waals surface area (Å²) in [6.07, 6.45) is 1.08. The molecule has 0 bridgehead atoms. The molecule has 0 saturated carbocycles. The van der Waals surface area contributed by atoms with Crippen LogP contribution in [0, 0.1) is 0 Å². The molecule has 0 aromatic rings. The predicted octanol–water partition coefficient (Wildman–Crippen LogP) is -3.89. The van der Waals surface area contributed by atoms with Crippen LogP contribution in [0.15, 0.2) is 0 Å². The zero-order valence-electron chi connectivity index (χ0n) is 6.96. The Morgan fingerprint density at radius 3 is 1.91 bits per heavy atom. The molecule has 1 saturated heterocycles. The number of rotatable bonds is 0. The van der Waals surface area contributed by atoms with Crippen molar-refractivity contribution in [3.63, 3.8) is 0 Å². The first-order valence-electron chi connectivity index (χ1n) is 3.03. The molecule has 62 valence electrons. The number of hydrogen-bond donors (Lipinski definition) is 1. The van der Waals surface area contributed by atoms with Crippen LogP contribution in [0.3, 0.4) is 0 Å². The third kappa shape index (κ3) is 18.2. The van der Waals surface area contributed by atoms with Gasteiger partial charge in [0.1, 0.15) is 0 Å². The summed E-state index contributed by atoms with van der Waals surface area (Å²) in [6.45, 7) is 3.83. The maximum absolute atomic E-state index is 9.00. The molecular weight excluding hydrogens is 177 g/mol. The van der Waals surface area contributed by atoms with Crippen molar-refractivity contribution in [2.45, 2.75) is 0 Å². The van der Waals surface area contributed by atoms with Gasteiger partial charge in [0.05, 0.1) is 13.2 Å². The average Bonchev–Trinajstić information content (AvgIpc) is 1.90. The summed E-state index contributed by atoms with van der Waals surface area (Å²) in [4.78, 5) is 0. The van der Waals surface area contributed by atoms with Gasteiger partial charge in [-0.2, -0.15) is 0 Å². The van der Waals surface area contributed by atoms with E-state index in [1.165, 1.54) is 0 Å². The molecule has 0 aromatic heterocycles. The second-order valence-electron chi connectivity index (χ2n) is 1.76. The quantitative estimate of drug-likeness (QED) is 0.313. The first-order chi connectivity index (χ1) is 4.73. The largest absolute Gasteiger partial charge is 1.00 e. The Balaban J connectivity index is 0. The maximum atomic E-state index is 9.00. The van der Waals surface area contributed by atoms with Crippen LogP contribution in [0.25, 0.3) is 0 Å². The molecule has 1 atom stereocenters. The fourth-order valence-corrected chi connectivity index (χ4v) is 0.516. The average molecular weight is 189 g/mol. The predicted molar refractivity (Wildman–Crippen MR) is 38.5 cm³/mol. The third-order valence-corrected chi connectivity index (χ3v) is 0.846. The Morgan fingerprint density at radius 2 is 1.82 bits per heavy atom. The van der Waals surface area contributed by atoms with E-state index in [0.29, 0.717) is 0 Å². The molecule has 11 heavy (non-hydrogen) atoms. The van der Waals surface area contributed by atoms with Crippen molar-refractivity contribution < 1.29 is 43.1 Å². The van der Waals surface area contributed by atoms with Crippen LogP contribution in [0.1, 0.15) is 0 Å².